The van der Waals surface area contributed by atoms with Crippen molar-refractivity contribution in [2.75, 3.05) is 47.5 Å². The number of hydrogen-bond donors (Lipinski definition) is 1. The monoisotopic (exact) mass is 510 g/mol. The number of benzene rings is 2. The molecule has 200 valence electrons. The van der Waals surface area contributed by atoms with Crippen LogP contribution in [0, 0.1) is 0 Å². The number of hydrogen-bond acceptors (Lipinski definition) is 7. The lowest BCUT2D eigenvalue weighted by Crippen LogP contribution is -2.32. The van der Waals surface area contributed by atoms with Gasteiger partial charge in [-0.25, -0.2) is 0 Å². The molecular weight excluding hydrogens is 472 g/mol. The van der Waals surface area contributed by atoms with Crippen molar-refractivity contribution in [1.29, 1.82) is 0 Å². The molecule has 0 aliphatic carbocycles. The van der Waals surface area contributed by atoms with Crippen molar-refractivity contribution >= 4 is 17.4 Å². The Kier molecular flexibility index (Phi) is 9.97. The number of unbranched alkanes of at least 4 members (excludes halogenated alkanes) is 1. The minimum Gasteiger partial charge on any atom is -0.507 e. The van der Waals surface area contributed by atoms with Crippen LogP contribution in [-0.2, 0) is 9.59 Å². The van der Waals surface area contributed by atoms with Crippen LogP contribution in [0.25, 0.3) is 5.76 Å². The van der Waals surface area contributed by atoms with Gasteiger partial charge in [0.25, 0.3) is 11.7 Å². The number of ketones is 1. The lowest BCUT2D eigenvalue weighted by atomic mass is 9.95. The van der Waals surface area contributed by atoms with E-state index in [2.05, 4.69) is 6.92 Å². The lowest BCUT2D eigenvalue weighted by Gasteiger charge is -2.26. The fraction of sp³-hybridized carbons (Fsp3) is 0.448. The maximum atomic E-state index is 13.3. The summed E-state index contributed by atoms with van der Waals surface area (Å²) in [7, 11) is 5.47. The number of carbonyl (C=O) groups excluding carboxylic acids is 2. The normalized spacial score (nSPS) is 16.9. The van der Waals surface area contributed by atoms with Crippen molar-refractivity contribution in [1.82, 2.24) is 9.80 Å². The summed E-state index contributed by atoms with van der Waals surface area (Å²) in [6.45, 7) is 6.10. The van der Waals surface area contributed by atoms with Crippen molar-refractivity contribution in [2.24, 2.45) is 0 Å². The van der Waals surface area contributed by atoms with Gasteiger partial charge in [-0.05, 0) is 82.4 Å². The minimum absolute atomic E-state index is 0.0575. The third kappa shape index (κ3) is 6.63. The first kappa shape index (κ1) is 28.1. The second kappa shape index (κ2) is 13.1. The summed E-state index contributed by atoms with van der Waals surface area (Å²) in [5, 5.41) is 11.3. The molecule has 0 saturated carbocycles. The standard InChI is InChI=1S/C29H38N2O6/c1-6-8-18-37-23-15-12-21(19-24(23)36-7-2)26-25(27(32)20-10-13-22(35-5)14-11-20)28(33)29(34)31(26)17-9-16-30(3)4/h10-15,19,26,32H,6-9,16-18H2,1-5H3/b27-25+. The zero-order valence-electron chi connectivity index (χ0n) is 22.5. The topological polar surface area (TPSA) is 88.5 Å². The van der Waals surface area contributed by atoms with Crippen molar-refractivity contribution in [3.8, 4) is 17.2 Å². The second-order valence-corrected chi connectivity index (χ2v) is 9.22. The fourth-order valence-corrected chi connectivity index (χ4v) is 4.33. The van der Waals surface area contributed by atoms with E-state index in [1.165, 1.54) is 0 Å². The smallest absolute Gasteiger partial charge is 0.295 e. The van der Waals surface area contributed by atoms with E-state index < -0.39 is 17.7 Å². The first-order valence-corrected chi connectivity index (χ1v) is 12.8. The van der Waals surface area contributed by atoms with Gasteiger partial charge in [-0.15, -0.1) is 0 Å². The molecule has 1 saturated heterocycles. The third-order valence-corrected chi connectivity index (χ3v) is 6.25. The van der Waals surface area contributed by atoms with E-state index in [1.807, 2.05) is 44.1 Å². The van der Waals surface area contributed by atoms with Crippen molar-refractivity contribution < 1.29 is 28.9 Å². The Morgan fingerprint density at radius 1 is 1.00 bits per heavy atom. The summed E-state index contributed by atoms with van der Waals surface area (Å²) in [6.07, 6.45) is 2.60. The largest absolute Gasteiger partial charge is 0.507 e. The molecule has 0 radical (unpaired) electrons. The van der Waals surface area contributed by atoms with E-state index in [0.29, 0.717) is 54.6 Å². The summed E-state index contributed by atoms with van der Waals surface area (Å²) in [5.74, 6) is 0.224. The van der Waals surface area contributed by atoms with E-state index in [4.69, 9.17) is 14.2 Å². The minimum atomic E-state index is -0.756. The molecule has 37 heavy (non-hydrogen) atoms. The number of carbonyl (C=O) groups is 2. The zero-order valence-corrected chi connectivity index (χ0v) is 22.5. The van der Waals surface area contributed by atoms with Gasteiger partial charge in [0.1, 0.15) is 11.5 Å². The van der Waals surface area contributed by atoms with Gasteiger partial charge >= 0.3 is 0 Å². The predicted octanol–water partition coefficient (Wildman–Crippen LogP) is 4.65. The van der Waals surface area contributed by atoms with Crippen LogP contribution in [0.2, 0.25) is 0 Å². The fourth-order valence-electron chi connectivity index (χ4n) is 4.33. The molecule has 2 aromatic carbocycles. The number of nitrogens with zero attached hydrogens (tertiary/aromatic N) is 2. The molecule has 0 bridgehead atoms. The van der Waals surface area contributed by atoms with Gasteiger partial charge in [0, 0.05) is 12.1 Å². The van der Waals surface area contributed by atoms with E-state index in [1.54, 1.807) is 36.3 Å². The number of aliphatic hydroxyl groups excluding tert-OH is 1. The van der Waals surface area contributed by atoms with Gasteiger partial charge in [0.15, 0.2) is 11.5 Å². The maximum absolute atomic E-state index is 13.3. The highest BCUT2D eigenvalue weighted by Crippen LogP contribution is 2.42. The number of ether oxygens (including phenoxy) is 3. The van der Waals surface area contributed by atoms with Crippen LogP contribution in [0.15, 0.2) is 48.0 Å². The zero-order chi connectivity index (χ0) is 26.9. The maximum Gasteiger partial charge on any atom is 0.295 e. The average Bonchev–Trinajstić information content (AvgIpc) is 3.14. The Balaban J connectivity index is 2.09. The number of methoxy groups -OCH3 is 1. The van der Waals surface area contributed by atoms with E-state index in [9.17, 15) is 14.7 Å². The predicted molar refractivity (Wildman–Crippen MR) is 143 cm³/mol. The van der Waals surface area contributed by atoms with Crippen LogP contribution in [0.1, 0.15) is 50.3 Å². The van der Waals surface area contributed by atoms with Crippen LogP contribution >= 0.6 is 0 Å². The van der Waals surface area contributed by atoms with Gasteiger partial charge < -0.3 is 29.1 Å². The molecule has 3 rings (SSSR count). The molecular formula is C29H38N2O6. The summed E-state index contributed by atoms with van der Waals surface area (Å²) in [5.41, 5.74) is 1.16. The summed E-state index contributed by atoms with van der Waals surface area (Å²) in [4.78, 5) is 30.1. The van der Waals surface area contributed by atoms with E-state index >= 15 is 0 Å². The van der Waals surface area contributed by atoms with Crippen LogP contribution in [0.4, 0.5) is 0 Å². The van der Waals surface area contributed by atoms with Gasteiger partial charge in [-0.3, -0.25) is 9.59 Å². The molecule has 1 unspecified atom stereocenters. The van der Waals surface area contributed by atoms with Gasteiger partial charge in [0.05, 0.1) is 31.9 Å². The van der Waals surface area contributed by atoms with Gasteiger partial charge in [-0.1, -0.05) is 19.4 Å². The van der Waals surface area contributed by atoms with Gasteiger partial charge in [0.2, 0.25) is 0 Å². The third-order valence-electron chi connectivity index (χ3n) is 6.25. The molecule has 0 spiro atoms. The van der Waals surface area contributed by atoms with Crippen LogP contribution < -0.4 is 14.2 Å². The number of aliphatic hydroxyl groups is 1. The van der Waals surface area contributed by atoms with Crippen LogP contribution in [0.5, 0.6) is 17.2 Å². The second-order valence-electron chi connectivity index (χ2n) is 9.22. The van der Waals surface area contributed by atoms with Crippen molar-refractivity contribution in [3.05, 3.63) is 59.2 Å². The Hall–Kier alpha value is -3.52. The Morgan fingerprint density at radius 2 is 1.73 bits per heavy atom. The van der Waals surface area contributed by atoms with E-state index in [0.717, 1.165) is 19.4 Å². The molecule has 1 fully saturated rings. The van der Waals surface area contributed by atoms with E-state index in [-0.39, 0.29) is 11.3 Å². The lowest BCUT2D eigenvalue weighted by molar-refractivity contribution is -0.139. The molecule has 0 aromatic heterocycles. The summed E-state index contributed by atoms with van der Waals surface area (Å²) < 4.78 is 17.0. The number of likely N-dealkylation sites (tertiary alicyclic amines) is 1. The summed E-state index contributed by atoms with van der Waals surface area (Å²) in [6, 6.07) is 11.4. The van der Waals surface area contributed by atoms with Crippen molar-refractivity contribution in [2.45, 2.75) is 39.2 Å². The number of amides is 1. The average molecular weight is 511 g/mol. The number of rotatable bonds is 13. The van der Waals surface area contributed by atoms with Crippen LogP contribution in [-0.4, -0.2) is 74.1 Å². The molecule has 1 heterocycles. The first-order chi connectivity index (χ1) is 17.8. The molecule has 1 aliphatic rings. The molecule has 2 aromatic rings. The van der Waals surface area contributed by atoms with Crippen molar-refractivity contribution in [3.63, 3.8) is 0 Å². The number of Topliss-reactive ketones (excluding diaryl/α,β-unsaturated/α-hetero) is 1. The highest BCUT2D eigenvalue weighted by atomic mass is 16.5. The molecule has 1 atom stereocenters. The van der Waals surface area contributed by atoms with Gasteiger partial charge in [-0.2, -0.15) is 0 Å². The molecule has 8 nitrogen and oxygen atoms in total. The summed E-state index contributed by atoms with van der Waals surface area (Å²) >= 11 is 0. The Bertz CT molecular complexity index is 1110. The first-order valence-electron chi connectivity index (χ1n) is 12.8. The molecule has 1 amide bonds. The quantitative estimate of drug-likeness (QED) is 0.182. The highest BCUT2D eigenvalue weighted by Gasteiger charge is 2.46. The Labute approximate surface area is 219 Å². The molecule has 1 N–H and O–H groups in total. The SMILES string of the molecule is CCCCOc1ccc(C2/C(=C(\O)c3ccc(OC)cc3)C(=O)C(=O)N2CCCN(C)C)cc1OCC. The highest BCUT2D eigenvalue weighted by molar-refractivity contribution is 6.46. The molecule has 8 heteroatoms. The Morgan fingerprint density at radius 3 is 2.35 bits per heavy atom. The van der Waals surface area contributed by atoms with Crippen LogP contribution in [0.3, 0.4) is 0 Å². The molecule has 1 aliphatic heterocycles.